The largest absolute Gasteiger partial charge is 0.346 e. The minimum absolute atomic E-state index is 0.111. The number of benzene rings is 2. The Balaban J connectivity index is 1.56. The van der Waals surface area contributed by atoms with Gasteiger partial charge in [0.1, 0.15) is 0 Å². The Bertz CT molecular complexity index is 1030. The van der Waals surface area contributed by atoms with Crippen molar-refractivity contribution in [1.82, 2.24) is 25.5 Å². The second kappa shape index (κ2) is 9.53. The smallest absolute Gasteiger partial charge is 0.243 e. The first-order chi connectivity index (χ1) is 14.3. The number of thioether (sulfide) groups is 1. The van der Waals surface area contributed by atoms with Gasteiger partial charge in [-0.05, 0) is 61.4 Å². The third-order valence-electron chi connectivity index (χ3n) is 4.54. The maximum absolute atomic E-state index is 12.5. The number of nitrogens with zero attached hydrogens (tertiary/aromatic N) is 4. The molecular weight excluding hydrogens is 400 g/mol. The summed E-state index contributed by atoms with van der Waals surface area (Å²) in [6.45, 7) is 7.50. The number of hydrogen-bond acceptors (Lipinski definition) is 6. The summed E-state index contributed by atoms with van der Waals surface area (Å²) in [6, 6.07) is 13.6. The van der Waals surface area contributed by atoms with E-state index in [4.69, 9.17) is 0 Å². The van der Waals surface area contributed by atoms with Crippen LogP contribution in [0.1, 0.15) is 23.6 Å². The molecule has 2 N–H and O–H groups in total. The minimum atomic E-state index is -0.479. The van der Waals surface area contributed by atoms with Crippen molar-refractivity contribution >= 4 is 29.3 Å². The molecule has 0 fully saturated rings. The van der Waals surface area contributed by atoms with E-state index in [1.54, 1.807) is 11.6 Å². The van der Waals surface area contributed by atoms with E-state index in [1.165, 1.54) is 11.8 Å². The highest BCUT2D eigenvalue weighted by molar-refractivity contribution is 8.00. The van der Waals surface area contributed by atoms with E-state index in [1.807, 2.05) is 63.2 Å². The first-order valence-electron chi connectivity index (χ1n) is 9.51. The molecule has 0 spiro atoms. The molecule has 9 heteroatoms. The fourth-order valence-corrected chi connectivity index (χ4v) is 3.65. The normalized spacial score (nSPS) is 11.7. The van der Waals surface area contributed by atoms with Crippen molar-refractivity contribution in [2.45, 2.75) is 38.1 Å². The summed E-state index contributed by atoms with van der Waals surface area (Å²) < 4.78 is 1.58. The molecule has 0 radical (unpaired) electrons. The molecule has 0 saturated heterocycles. The number of amides is 2. The van der Waals surface area contributed by atoms with Crippen LogP contribution >= 0.6 is 11.8 Å². The van der Waals surface area contributed by atoms with Crippen LogP contribution in [-0.2, 0) is 9.59 Å². The van der Waals surface area contributed by atoms with Gasteiger partial charge in [0.15, 0.2) is 0 Å². The Labute approximate surface area is 179 Å². The minimum Gasteiger partial charge on any atom is -0.346 e. The quantitative estimate of drug-likeness (QED) is 0.566. The number of para-hydroxylation sites is 1. The number of carbonyl (C=O) groups excluding carboxylic acids is 2. The number of nitrogens with one attached hydrogen (secondary N) is 2. The van der Waals surface area contributed by atoms with Gasteiger partial charge in [0, 0.05) is 5.69 Å². The Kier molecular flexibility index (Phi) is 6.83. The molecule has 0 bridgehead atoms. The first-order valence-corrected chi connectivity index (χ1v) is 10.4. The van der Waals surface area contributed by atoms with Crippen LogP contribution in [0.3, 0.4) is 0 Å². The number of aryl methyl sites for hydroxylation is 3. The molecule has 8 nitrogen and oxygen atoms in total. The lowest BCUT2D eigenvalue weighted by Gasteiger charge is -2.14. The molecule has 156 valence electrons. The lowest BCUT2D eigenvalue weighted by molar-refractivity contribution is -0.123. The number of rotatable bonds is 7. The molecule has 2 aromatic carbocycles. The summed E-state index contributed by atoms with van der Waals surface area (Å²) in [5.74, 6) is -0.544. The Hall–Kier alpha value is -3.20. The molecule has 3 rings (SSSR count). The summed E-state index contributed by atoms with van der Waals surface area (Å²) in [5.41, 5.74) is 4.67. The molecular formula is C21H24N6O2S. The molecule has 1 unspecified atom stereocenters. The van der Waals surface area contributed by atoms with Gasteiger partial charge < -0.3 is 10.6 Å². The average Bonchev–Trinajstić information content (AvgIpc) is 3.17. The maximum Gasteiger partial charge on any atom is 0.243 e. The zero-order chi connectivity index (χ0) is 21.7. The van der Waals surface area contributed by atoms with Crippen molar-refractivity contribution in [2.24, 2.45) is 0 Å². The second-order valence-electron chi connectivity index (χ2n) is 7.00. The van der Waals surface area contributed by atoms with Gasteiger partial charge in [-0.3, -0.25) is 9.59 Å². The highest BCUT2D eigenvalue weighted by Gasteiger charge is 2.20. The van der Waals surface area contributed by atoms with Gasteiger partial charge in [0.05, 0.1) is 17.5 Å². The van der Waals surface area contributed by atoms with Crippen molar-refractivity contribution in [1.29, 1.82) is 0 Å². The Morgan fingerprint density at radius 2 is 1.73 bits per heavy atom. The van der Waals surface area contributed by atoms with Gasteiger partial charge in [0.25, 0.3) is 0 Å². The summed E-state index contributed by atoms with van der Waals surface area (Å²) in [6.07, 6.45) is 0. The van der Waals surface area contributed by atoms with E-state index in [0.717, 1.165) is 28.1 Å². The van der Waals surface area contributed by atoms with Crippen LogP contribution in [0, 0.1) is 20.8 Å². The van der Waals surface area contributed by atoms with Crippen LogP contribution in [0.2, 0.25) is 0 Å². The highest BCUT2D eigenvalue weighted by atomic mass is 32.2. The van der Waals surface area contributed by atoms with E-state index in [2.05, 4.69) is 26.2 Å². The summed E-state index contributed by atoms with van der Waals surface area (Å²) in [5, 5.41) is 17.3. The van der Waals surface area contributed by atoms with Gasteiger partial charge in [-0.15, -0.1) is 5.10 Å². The van der Waals surface area contributed by atoms with E-state index < -0.39 is 5.25 Å². The molecule has 3 aromatic rings. The van der Waals surface area contributed by atoms with E-state index in [-0.39, 0.29) is 18.4 Å². The number of anilines is 1. The van der Waals surface area contributed by atoms with Gasteiger partial charge in [-0.25, -0.2) is 0 Å². The van der Waals surface area contributed by atoms with Crippen molar-refractivity contribution in [2.75, 3.05) is 11.9 Å². The fourth-order valence-electron chi connectivity index (χ4n) is 2.82. The molecule has 0 aliphatic carbocycles. The lowest BCUT2D eigenvalue weighted by Crippen LogP contribution is -2.37. The second-order valence-corrected chi connectivity index (χ2v) is 8.31. The number of tetrazole rings is 1. The van der Waals surface area contributed by atoms with Crippen LogP contribution in [0.5, 0.6) is 0 Å². The SMILES string of the molecule is Cc1ccc(-n2nnnc2SC(C)C(=O)NCC(=O)Nc2c(C)cccc2C)cc1. The van der Waals surface area contributed by atoms with Crippen molar-refractivity contribution in [3.63, 3.8) is 0 Å². The molecule has 1 heterocycles. The molecule has 0 aliphatic rings. The molecule has 0 saturated carbocycles. The first kappa shape index (κ1) is 21.5. The van der Waals surface area contributed by atoms with Crippen LogP contribution in [-0.4, -0.2) is 43.8 Å². The zero-order valence-electron chi connectivity index (χ0n) is 17.3. The van der Waals surface area contributed by atoms with Gasteiger partial charge in [-0.2, -0.15) is 4.68 Å². The molecule has 1 aromatic heterocycles. The van der Waals surface area contributed by atoms with Crippen LogP contribution in [0.15, 0.2) is 47.6 Å². The fraction of sp³-hybridized carbons (Fsp3) is 0.286. The van der Waals surface area contributed by atoms with Gasteiger partial charge in [0.2, 0.25) is 17.0 Å². The maximum atomic E-state index is 12.5. The predicted molar refractivity (Wildman–Crippen MR) is 117 cm³/mol. The average molecular weight is 425 g/mol. The number of aromatic nitrogens is 4. The highest BCUT2D eigenvalue weighted by Crippen LogP contribution is 2.23. The van der Waals surface area contributed by atoms with Gasteiger partial charge >= 0.3 is 0 Å². The lowest BCUT2D eigenvalue weighted by atomic mass is 10.1. The summed E-state index contributed by atoms with van der Waals surface area (Å²) in [7, 11) is 0. The zero-order valence-corrected chi connectivity index (χ0v) is 18.2. The van der Waals surface area contributed by atoms with E-state index in [0.29, 0.717) is 5.16 Å². The summed E-state index contributed by atoms with van der Waals surface area (Å²) >= 11 is 1.23. The van der Waals surface area contributed by atoms with Gasteiger partial charge in [-0.1, -0.05) is 47.7 Å². The summed E-state index contributed by atoms with van der Waals surface area (Å²) in [4.78, 5) is 24.7. The predicted octanol–water partition coefficient (Wildman–Crippen LogP) is 2.82. The topological polar surface area (TPSA) is 102 Å². The Morgan fingerprint density at radius 3 is 2.40 bits per heavy atom. The Morgan fingerprint density at radius 1 is 1.07 bits per heavy atom. The molecule has 2 amide bonds. The molecule has 0 aliphatic heterocycles. The monoisotopic (exact) mass is 424 g/mol. The third kappa shape index (κ3) is 5.24. The van der Waals surface area contributed by atoms with Crippen molar-refractivity contribution in [3.05, 3.63) is 59.2 Å². The standard InChI is InChI=1S/C21H24N6O2S/c1-13-8-10-17(11-9-13)27-21(24-25-26-27)30-16(4)20(29)22-12-18(28)23-19-14(2)6-5-7-15(19)3/h5-11,16H,12H2,1-4H3,(H,22,29)(H,23,28). The number of hydrogen-bond donors (Lipinski definition) is 2. The third-order valence-corrected chi connectivity index (χ3v) is 5.57. The van der Waals surface area contributed by atoms with E-state index >= 15 is 0 Å². The van der Waals surface area contributed by atoms with Crippen LogP contribution < -0.4 is 10.6 Å². The number of carbonyl (C=O) groups is 2. The molecule has 1 atom stereocenters. The molecule has 30 heavy (non-hydrogen) atoms. The van der Waals surface area contributed by atoms with Crippen molar-refractivity contribution < 1.29 is 9.59 Å². The van der Waals surface area contributed by atoms with Crippen molar-refractivity contribution in [3.8, 4) is 5.69 Å². The van der Waals surface area contributed by atoms with Crippen LogP contribution in [0.25, 0.3) is 5.69 Å². The van der Waals surface area contributed by atoms with E-state index in [9.17, 15) is 9.59 Å². The van der Waals surface area contributed by atoms with Crippen LogP contribution in [0.4, 0.5) is 5.69 Å².